The van der Waals surface area contributed by atoms with E-state index in [0.717, 1.165) is 60.0 Å². The van der Waals surface area contributed by atoms with Crippen LogP contribution in [0.25, 0.3) is 11.4 Å². The molecule has 8 heteroatoms. The molecule has 1 aliphatic rings. The quantitative estimate of drug-likeness (QED) is 0.705. The summed E-state index contributed by atoms with van der Waals surface area (Å²) in [5, 5.41) is 4.47. The third kappa shape index (κ3) is 3.03. The first-order valence-corrected chi connectivity index (χ1v) is 8.54. The zero-order valence-corrected chi connectivity index (χ0v) is 15.2. The molecule has 0 N–H and O–H groups in total. The number of fused-ring (bicyclic) bond motifs is 1. The van der Waals surface area contributed by atoms with Crippen molar-refractivity contribution in [3.8, 4) is 17.3 Å². The molecule has 0 amide bonds. The fraction of sp³-hybridized carbons (Fsp3) is 0.389. The minimum atomic E-state index is 0.683. The number of rotatable bonds is 4. The van der Waals surface area contributed by atoms with Gasteiger partial charge < -0.3 is 4.74 Å². The normalized spacial score (nSPS) is 14.3. The van der Waals surface area contributed by atoms with Crippen molar-refractivity contribution in [3.05, 3.63) is 47.4 Å². The number of ether oxygens (including phenoxy) is 1. The largest absolute Gasteiger partial charge is 0.481 e. The van der Waals surface area contributed by atoms with Gasteiger partial charge in [0.25, 0.3) is 0 Å². The van der Waals surface area contributed by atoms with Crippen LogP contribution in [0.1, 0.15) is 22.5 Å². The minimum absolute atomic E-state index is 0.683. The van der Waals surface area contributed by atoms with Crippen molar-refractivity contribution in [2.45, 2.75) is 26.4 Å². The van der Waals surface area contributed by atoms with Gasteiger partial charge in [-0.25, -0.2) is 24.6 Å². The molecule has 0 fully saturated rings. The van der Waals surface area contributed by atoms with Crippen molar-refractivity contribution in [2.24, 2.45) is 7.05 Å². The lowest BCUT2D eigenvalue weighted by Gasteiger charge is -2.28. The molecular formula is C18H21N7O. The van der Waals surface area contributed by atoms with Gasteiger partial charge in [-0.05, 0) is 6.92 Å². The summed E-state index contributed by atoms with van der Waals surface area (Å²) in [7, 11) is 3.59. The maximum atomic E-state index is 5.51. The molecular weight excluding hydrogens is 330 g/mol. The molecule has 3 aromatic rings. The van der Waals surface area contributed by atoms with Crippen LogP contribution >= 0.6 is 0 Å². The Hall–Kier alpha value is -2.87. The van der Waals surface area contributed by atoms with E-state index in [9.17, 15) is 0 Å². The van der Waals surface area contributed by atoms with E-state index in [1.807, 2.05) is 20.2 Å². The molecule has 1 aliphatic heterocycles. The summed E-state index contributed by atoms with van der Waals surface area (Å²) in [5.74, 6) is 1.51. The third-order valence-electron chi connectivity index (χ3n) is 4.70. The van der Waals surface area contributed by atoms with Crippen LogP contribution in [-0.4, -0.2) is 48.3 Å². The summed E-state index contributed by atoms with van der Waals surface area (Å²) in [4.78, 5) is 19.7. The van der Waals surface area contributed by atoms with Gasteiger partial charge in [0.1, 0.15) is 6.33 Å². The van der Waals surface area contributed by atoms with Gasteiger partial charge in [0, 0.05) is 57.3 Å². The fourth-order valence-electron chi connectivity index (χ4n) is 3.40. The molecule has 0 bridgehead atoms. The van der Waals surface area contributed by atoms with E-state index in [-0.39, 0.29) is 0 Å². The summed E-state index contributed by atoms with van der Waals surface area (Å²) in [5.41, 5.74) is 5.25. The van der Waals surface area contributed by atoms with Crippen molar-refractivity contribution in [3.63, 3.8) is 0 Å². The topological polar surface area (TPSA) is 81.8 Å². The Labute approximate surface area is 151 Å². The predicted molar refractivity (Wildman–Crippen MR) is 95.4 cm³/mol. The maximum Gasteiger partial charge on any atom is 0.216 e. The maximum absolute atomic E-state index is 5.51. The summed E-state index contributed by atoms with van der Waals surface area (Å²) in [6.07, 6.45) is 7.79. The standard InChI is InChI=1S/C18H21N7O/c1-12-15(18(26-3)24(2)23-12)10-25-5-4-16-14(9-25)8-21-17(22-16)13-6-19-11-20-7-13/h6-8,11H,4-5,9-10H2,1-3H3. The average Bonchev–Trinajstić information content (AvgIpc) is 2.94. The second-order valence-electron chi connectivity index (χ2n) is 6.45. The van der Waals surface area contributed by atoms with E-state index in [0.29, 0.717) is 5.82 Å². The number of nitrogens with zero attached hydrogens (tertiary/aromatic N) is 7. The number of methoxy groups -OCH3 is 1. The molecule has 0 saturated heterocycles. The molecule has 0 aromatic carbocycles. The zero-order valence-electron chi connectivity index (χ0n) is 15.2. The Morgan fingerprint density at radius 2 is 2.00 bits per heavy atom. The first-order valence-electron chi connectivity index (χ1n) is 8.54. The van der Waals surface area contributed by atoms with Crippen LogP contribution in [0.3, 0.4) is 0 Å². The highest BCUT2D eigenvalue weighted by Crippen LogP contribution is 2.26. The molecule has 4 rings (SSSR count). The van der Waals surface area contributed by atoms with E-state index in [1.165, 1.54) is 6.33 Å². The first-order chi connectivity index (χ1) is 12.7. The summed E-state index contributed by atoms with van der Waals surface area (Å²) < 4.78 is 7.30. The second-order valence-corrected chi connectivity index (χ2v) is 6.45. The highest BCUT2D eigenvalue weighted by molar-refractivity contribution is 5.52. The van der Waals surface area contributed by atoms with Crippen LogP contribution in [0.4, 0.5) is 0 Å². The van der Waals surface area contributed by atoms with E-state index in [1.54, 1.807) is 24.2 Å². The van der Waals surface area contributed by atoms with Crippen molar-refractivity contribution >= 4 is 0 Å². The van der Waals surface area contributed by atoms with Crippen LogP contribution in [0.15, 0.2) is 24.9 Å². The van der Waals surface area contributed by atoms with Crippen molar-refractivity contribution < 1.29 is 4.74 Å². The van der Waals surface area contributed by atoms with Gasteiger partial charge in [-0.2, -0.15) is 5.10 Å². The second kappa shape index (κ2) is 6.80. The van der Waals surface area contributed by atoms with Gasteiger partial charge >= 0.3 is 0 Å². The number of aryl methyl sites for hydroxylation is 2. The van der Waals surface area contributed by atoms with Crippen LogP contribution in [0, 0.1) is 6.92 Å². The Bertz CT molecular complexity index is 923. The molecule has 0 radical (unpaired) electrons. The highest BCUT2D eigenvalue weighted by atomic mass is 16.5. The Morgan fingerprint density at radius 3 is 2.77 bits per heavy atom. The summed E-state index contributed by atoms with van der Waals surface area (Å²) in [6.45, 7) is 4.58. The van der Waals surface area contributed by atoms with E-state index >= 15 is 0 Å². The molecule has 134 valence electrons. The predicted octanol–water partition coefficient (Wildman–Crippen LogP) is 1.54. The smallest absolute Gasteiger partial charge is 0.216 e. The molecule has 0 saturated carbocycles. The summed E-state index contributed by atoms with van der Waals surface area (Å²) >= 11 is 0. The van der Waals surface area contributed by atoms with E-state index in [2.05, 4.69) is 25.0 Å². The van der Waals surface area contributed by atoms with Crippen molar-refractivity contribution in [1.29, 1.82) is 0 Å². The lowest BCUT2D eigenvalue weighted by atomic mass is 10.1. The fourth-order valence-corrected chi connectivity index (χ4v) is 3.40. The van der Waals surface area contributed by atoms with Gasteiger partial charge in [-0.1, -0.05) is 0 Å². The zero-order chi connectivity index (χ0) is 18.1. The molecule has 8 nitrogen and oxygen atoms in total. The number of hydrogen-bond acceptors (Lipinski definition) is 7. The molecule has 0 unspecified atom stereocenters. The molecule has 0 aliphatic carbocycles. The SMILES string of the molecule is COc1c(CN2CCc3nc(-c4cncnc4)ncc3C2)c(C)nn1C. The Kier molecular flexibility index (Phi) is 4.34. The van der Waals surface area contributed by atoms with Gasteiger partial charge in [-0.3, -0.25) is 4.90 Å². The van der Waals surface area contributed by atoms with Crippen LogP contribution in [0.2, 0.25) is 0 Å². The monoisotopic (exact) mass is 351 g/mol. The van der Waals surface area contributed by atoms with E-state index < -0.39 is 0 Å². The molecule has 4 heterocycles. The van der Waals surface area contributed by atoms with Crippen LogP contribution < -0.4 is 4.74 Å². The molecule has 26 heavy (non-hydrogen) atoms. The van der Waals surface area contributed by atoms with Crippen molar-refractivity contribution in [1.82, 2.24) is 34.6 Å². The average molecular weight is 351 g/mol. The van der Waals surface area contributed by atoms with Gasteiger partial charge in [0.05, 0.1) is 29.6 Å². The van der Waals surface area contributed by atoms with Crippen LogP contribution in [-0.2, 0) is 26.6 Å². The first kappa shape index (κ1) is 16.6. The lowest BCUT2D eigenvalue weighted by Crippen LogP contribution is -2.31. The van der Waals surface area contributed by atoms with Gasteiger partial charge in [0.2, 0.25) is 5.88 Å². The van der Waals surface area contributed by atoms with E-state index in [4.69, 9.17) is 9.72 Å². The lowest BCUT2D eigenvalue weighted by molar-refractivity contribution is 0.238. The Balaban J connectivity index is 1.54. The Morgan fingerprint density at radius 1 is 1.19 bits per heavy atom. The van der Waals surface area contributed by atoms with Crippen molar-refractivity contribution in [2.75, 3.05) is 13.7 Å². The minimum Gasteiger partial charge on any atom is -0.481 e. The molecule has 0 atom stereocenters. The summed E-state index contributed by atoms with van der Waals surface area (Å²) in [6, 6.07) is 0. The highest BCUT2D eigenvalue weighted by Gasteiger charge is 2.22. The number of aromatic nitrogens is 6. The third-order valence-corrected chi connectivity index (χ3v) is 4.70. The molecule has 0 spiro atoms. The number of hydrogen-bond donors (Lipinski definition) is 0. The van der Waals surface area contributed by atoms with Crippen LogP contribution in [0.5, 0.6) is 5.88 Å². The van der Waals surface area contributed by atoms with Gasteiger partial charge in [0.15, 0.2) is 5.82 Å². The van der Waals surface area contributed by atoms with Gasteiger partial charge in [-0.15, -0.1) is 0 Å². The molecule has 3 aromatic heterocycles.